The van der Waals surface area contributed by atoms with Gasteiger partial charge in [0.25, 0.3) is 0 Å². The van der Waals surface area contributed by atoms with Gasteiger partial charge in [0.2, 0.25) is 0 Å². The van der Waals surface area contributed by atoms with E-state index in [0.717, 1.165) is 29.8 Å². The lowest BCUT2D eigenvalue weighted by Crippen LogP contribution is -2.04. The third-order valence-electron chi connectivity index (χ3n) is 4.87. The number of benzene rings is 3. The molecule has 1 aromatic heterocycles. The fourth-order valence-corrected chi connectivity index (χ4v) is 3.34. The lowest BCUT2D eigenvalue weighted by atomic mass is 10.0. The number of H-pyrrole nitrogens is 1. The minimum atomic E-state index is -4.35. The van der Waals surface area contributed by atoms with Crippen LogP contribution in [-0.2, 0) is 19.1 Å². The zero-order valence-corrected chi connectivity index (χ0v) is 16.1. The molecule has 0 fully saturated rings. The molecule has 0 aliphatic heterocycles. The van der Waals surface area contributed by atoms with Gasteiger partial charge >= 0.3 is 6.18 Å². The third-order valence-corrected chi connectivity index (χ3v) is 4.87. The number of hydrogen-bond donors (Lipinski definition) is 2. The quantitative estimate of drug-likeness (QED) is 0.394. The molecule has 4 rings (SSSR count). The van der Waals surface area contributed by atoms with E-state index in [1.165, 1.54) is 23.3 Å². The highest BCUT2D eigenvalue weighted by atomic mass is 19.4. The van der Waals surface area contributed by atoms with Crippen LogP contribution in [0, 0.1) is 0 Å². The second kappa shape index (κ2) is 8.45. The van der Waals surface area contributed by atoms with Crippen LogP contribution < -0.4 is 5.32 Å². The Bertz CT molecular complexity index is 1100. The first-order chi connectivity index (χ1) is 14.5. The fraction of sp³-hybridized carbons (Fsp3) is 0.125. The van der Waals surface area contributed by atoms with E-state index in [2.05, 4.69) is 39.8 Å². The first kappa shape index (κ1) is 19.8. The van der Waals surface area contributed by atoms with E-state index in [-0.39, 0.29) is 0 Å². The van der Waals surface area contributed by atoms with Crippen molar-refractivity contribution in [1.29, 1.82) is 0 Å². The van der Waals surface area contributed by atoms with Gasteiger partial charge in [0.05, 0.1) is 11.3 Å². The summed E-state index contributed by atoms with van der Waals surface area (Å²) in [6.07, 6.45) is -1.74. The molecule has 0 aliphatic rings. The summed E-state index contributed by atoms with van der Waals surface area (Å²) >= 11 is 0. The molecule has 0 bridgehead atoms. The highest BCUT2D eigenvalue weighted by Gasteiger charge is 2.30. The molecule has 0 unspecified atom stereocenters. The van der Waals surface area contributed by atoms with Gasteiger partial charge in [-0.1, -0.05) is 54.6 Å². The van der Waals surface area contributed by atoms with Crippen LogP contribution in [0.5, 0.6) is 0 Å². The van der Waals surface area contributed by atoms with Crippen molar-refractivity contribution in [3.8, 4) is 11.3 Å². The van der Waals surface area contributed by atoms with Gasteiger partial charge in [0, 0.05) is 29.6 Å². The van der Waals surface area contributed by atoms with Gasteiger partial charge in [-0.3, -0.25) is 5.10 Å². The number of anilines is 1. The number of aromatic amines is 1. The lowest BCUT2D eigenvalue weighted by molar-refractivity contribution is -0.137. The maximum Gasteiger partial charge on any atom is 0.416 e. The smallest absolute Gasteiger partial charge is 0.381 e. The summed E-state index contributed by atoms with van der Waals surface area (Å²) in [6.45, 7) is 0.502. The summed E-state index contributed by atoms with van der Waals surface area (Å²) in [5, 5.41) is 10.4. The van der Waals surface area contributed by atoms with Crippen molar-refractivity contribution in [3.05, 3.63) is 107 Å². The Morgan fingerprint density at radius 3 is 2.30 bits per heavy atom. The van der Waals surface area contributed by atoms with E-state index in [1.54, 1.807) is 6.20 Å². The van der Waals surface area contributed by atoms with Gasteiger partial charge in [-0.2, -0.15) is 18.3 Å². The van der Waals surface area contributed by atoms with E-state index in [4.69, 9.17) is 0 Å². The maximum absolute atomic E-state index is 12.8. The summed E-state index contributed by atoms with van der Waals surface area (Å²) in [4.78, 5) is 0. The minimum absolute atomic E-state index is 0.502. The predicted molar refractivity (Wildman–Crippen MR) is 112 cm³/mol. The van der Waals surface area contributed by atoms with Crippen LogP contribution >= 0.6 is 0 Å². The fourth-order valence-electron chi connectivity index (χ4n) is 3.34. The number of hydrogen-bond acceptors (Lipinski definition) is 2. The molecule has 152 valence electrons. The summed E-state index contributed by atoms with van der Waals surface area (Å²) < 4.78 is 38.4. The molecule has 0 saturated carbocycles. The number of rotatable bonds is 6. The highest BCUT2D eigenvalue weighted by molar-refractivity contribution is 5.63. The van der Waals surface area contributed by atoms with Crippen molar-refractivity contribution in [2.45, 2.75) is 19.1 Å². The van der Waals surface area contributed by atoms with E-state index in [9.17, 15) is 13.2 Å². The Morgan fingerprint density at radius 1 is 0.833 bits per heavy atom. The lowest BCUT2D eigenvalue weighted by Gasteiger charge is -2.10. The van der Waals surface area contributed by atoms with Gasteiger partial charge in [-0.15, -0.1) is 0 Å². The third kappa shape index (κ3) is 4.71. The van der Waals surface area contributed by atoms with Crippen molar-refractivity contribution in [3.63, 3.8) is 0 Å². The maximum atomic E-state index is 12.8. The monoisotopic (exact) mass is 407 g/mol. The molecular weight excluding hydrogens is 387 g/mol. The van der Waals surface area contributed by atoms with Gasteiger partial charge in [0.15, 0.2) is 0 Å². The Kier molecular flexibility index (Phi) is 5.57. The first-order valence-corrected chi connectivity index (χ1v) is 9.56. The Morgan fingerprint density at radius 2 is 1.57 bits per heavy atom. The summed E-state index contributed by atoms with van der Waals surface area (Å²) in [7, 11) is 0. The van der Waals surface area contributed by atoms with Crippen LogP contribution in [0.1, 0.15) is 22.3 Å². The van der Waals surface area contributed by atoms with Crippen molar-refractivity contribution in [2.24, 2.45) is 0 Å². The van der Waals surface area contributed by atoms with Crippen molar-refractivity contribution in [1.82, 2.24) is 10.2 Å². The normalized spacial score (nSPS) is 11.4. The van der Waals surface area contributed by atoms with E-state index in [1.807, 2.05) is 30.3 Å². The zero-order valence-electron chi connectivity index (χ0n) is 16.1. The molecule has 4 aromatic rings. The number of halogens is 3. The van der Waals surface area contributed by atoms with Crippen molar-refractivity contribution in [2.75, 3.05) is 5.32 Å². The average molecular weight is 407 g/mol. The van der Waals surface area contributed by atoms with E-state index < -0.39 is 11.7 Å². The summed E-state index contributed by atoms with van der Waals surface area (Å²) in [6, 6.07) is 23.5. The second-order valence-corrected chi connectivity index (χ2v) is 7.05. The number of alkyl halides is 3. The Hall–Kier alpha value is -3.54. The SMILES string of the molecule is FC(F)(F)c1ccc(-c2n[nH]cc2CNc2cccc(Cc3ccccc3)c2)cc1. The first-order valence-electron chi connectivity index (χ1n) is 9.56. The van der Waals surface area contributed by atoms with Crippen LogP contribution in [-0.4, -0.2) is 10.2 Å². The topological polar surface area (TPSA) is 40.7 Å². The van der Waals surface area contributed by atoms with E-state index in [0.29, 0.717) is 17.8 Å². The number of nitrogens with zero attached hydrogens (tertiary/aromatic N) is 1. The molecule has 3 nitrogen and oxygen atoms in total. The molecular formula is C24H20F3N3. The standard InChI is InChI=1S/C24H20F3N3/c25-24(26,27)21-11-9-19(10-12-21)23-20(16-29-30-23)15-28-22-8-4-7-18(14-22)13-17-5-2-1-3-6-17/h1-12,14,16,28H,13,15H2,(H,29,30). The Labute approximate surface area is 172 Å². The second-order valence-electron chi connectivity index (χ2n) is 7.05. The molecule has 30 heavy (non-hydrogen) atoms. The largest absolute Gasteiger partial charge is 0.416 e. The molecule has 0 saturated heterocycles. The van der Waals surface area contributed by atoms with Crippen LogP contribution in [0.2, 0.25) is 0 Å². The van der Waals surface area contributed by atoms with Crippen LogP contribution in [0.25, 0.3) is 11.3 Å². The number of nitrogens with one attached hydrogen (secondary N) is 2. The number of aromatic nitrogens is 2. The van der Waals surface area contributed by atoms with Crippen molar-refractivity contribution < 1.29 is 13.2 Å². The molecule has 0 aliphatic carbocycles. The van der Waals surface area contributed by atoms with Crippen LogP contribution in [0.15, 0.2) is 85.1 Å². The molecule has 0 amide bonds. The zero-order chi connectivity index (χ0) is 21.0. The molecule has 3 aromatic carbocycles. The van der Waals surface area contributed by atoms with Crippen molar-refractivity contribution >= 4 is 5.69 Å². The van der Waals surface area contributed by atoms with Gasteiger partial charge in [-0.05, 0) is 41.8 Å². The molecule has 6 heteroatoms. The van der Waals surface area contributed by atoms with Gasteiger partial charge < -0.3 is 5.32 Å². The predicted octanol–water partition coefficient (Wildman–Crippen LogP) is 6.30. The average Bonchev–Trinajstić information content (AvgIpc) is 3.21. The highest BCUT2D eigenvalue weighted by Crippen LogP contribution is 2.31. The van der Waals surface area contributed by atoms with Gasteiger partial charge in [-0.25, -0.2) is 0 Å². The van der Waals surface area contributed by atoms with Gasteiger partial charge in [0.1, 0.15) is 0 Å². The van der Waals surface area contributed by atoms with Crippen LogP contribution in [0.4, 0.5) is 18.9 Å². The summed E-state index contributed by atoms with van der Waals surface area (Å²) in [5.41, 5.74) is 4.90. The molecule has 0 radical (unpaired) electrons. The molecule has 0 spiro atoms. The Balaban J connectivity index is 1.45. The minimum Gasteiger partial charge on any atom is -0.381 e. The summed E-state index contributed by atoms with van der Waals surface area (Å²) in [5.74, 6) is 0. The molecule has 2 N–H and O–H groups in total. The van der Waals surface area contributed by atoms with E-state index >= 15 is 0 Å². The molecule has 0 atom stereocenters. The molecule has 1 heterocycles. The van der Waals surface area contributed by atoms with Crippen LogP contribution in [0.3, 0.4) is 0 Å².